The fraction of sp³-hybridized carbons (Fsp3) is 0.909. The van der Waals surface area contributed by atoms with Gasteiger partial charge in [0.05, 0.1) is 6.61 Å². The van der Waals surface area contributed by atoms with Crippen LogP contribution in [-0.4, -0.2) is 27.9 Å². The maximum absolute atomic E-state index is 10.8. The van der Waals surface area contributed by atoms with Gasteiger partial charge in [-0.2, -0.15) is 11.8 Å². The topological polar surface area (TPSA) is 66.8 Å². The van der Waals surface area contributed by atoms with Crippen molar-refractivity contribution in [3.63, 3.8) is 0 Å². The molecule has 0 amide bonds. The van der Waals surface area contributed by atoms with Crippen LogP contribution in [0.25, 0.3) is 0 Å². The fourth-order valence-corrected chi connectivity index (χ4v) is 4.73. The lowest BCUT2D eigenvalue weighted by Crippen LogP contribution is -2.09. The average Bonchev–Trinajstić information content (AvgIpc) is 2.65. The van der Waals surface area contributed by atoms with Crippen molar-refractivity contribution < 1.29 is 18.9 Å². The molecule has 28 heavy (non-hydrogen) atoms. The van der Waals surface area contributed by atoms with Crippen molar-refractivity contribution in [1.29, 1.82) is 0 Å². The summed E-state index contributed by atoms with van der Waals surface area (Å²) in [4.78, 5) is 17.6. The first-order valence-electron chi connectivity index (χ1n) is 11.4. The first-order chi connectivity index (χ1) is 13.5. The third-order valence-electron chi connectivity index (χ3n) is 4.90. The molecule has 0 aliphatic carbocycles. The number of hydrogen-bond acceptors (Lipinski definition) is 3. The fourth-order valence-electron chi connectivity index (χ4n) is 3.26. The highest BCUT2D eigenvalue weighted by molar-refractivity contribution is 7.99. The zero-order valence-electron chi connectivity index (χ0n) is 18.3. The van der Waals surface area contributed by atoms with E-state index in [9.17, 15) is 4.57 Å². The van der Waals surface area contributed by atoms with E-state index in [0.717, 1.165) is 11.5 Å². The molecule has 0 heterocycles. The van der Waals surface area contributed by atoms with Crippen molar-refractivity contribution >= 4 is 19.6 Å². The molecule has 0 spiro atoms. The molecule has 0 bridgehead atoms. The second-order valence-electron chi connectivity index (χ2n) is 7.74. The Morgan fingerprint density at radius 3 is 1.75 bits per heavy atom. The van der Waals surface area contributed by atoms with Gasteiger partial charge in [0.1, 0.15) is 0 Å². The molecule has 0 saturated carbocycles. The van der Waals surface area contributed by atoms with Crippen molar-refractivity contribution in [2.24, 2.45) is 5.92 Å². The Morgan fingerprint density at radius 2 is 1.32 bits per heavy atom. The average molecular weight is 437 g/mol. The predicted molar refractivity (Wildman–Crippen MR) is 124 cm³/mol. The van der Waals surface area contributed by atoms with Crippen LogP contribution in [0.4, 0.5) is 0 Å². The minimum Gasteiger partial charge on any atom is -0.303 e. The molecule has 0 aliphatic rings. The maximum atomic E-state index is 10.8. The normalized spacial score (nSPS) is 13.4. The van der Waals surface area contributed by atoms with E-state index in [2.05, 4.69) is 11.4 Å². The molecule has 0 aromatic heterocycles. The lowest BCUT2D eigenvalue weighted by molar-refractivity contribution is 0.184. The standard InChI is InChI=1S/C22H45O4PS/c1-3-5-6-7-8-9-10-11-12-13-14-15-16-17-19-28-21-22(18-4-2)20-26-27(23,24)25/h4,18,22H,3,5-17,19-21H2,1-2H3,(H2,23,24,25). The van der Waals surface area contributed by atoms with Crippen LogP contribution in [0.15, 0.2) is 12.2 Å². The third-order valence-corrected chi connectivity index (χ3v) is 6.62. The third kappa shape index (κ3) is 22.5. The number of phosphoric ester groups is 1. The largest absolute Gasteiger partial charge is 0.469 e. The minimum atomic E-state index is -4.36. The van der Waals surface area contributed by atoms with Crippen molar-refractivity contribution in [3.8, 4) is 0 Å². The molecule has 4 nitrogen and oxygen atoms in total. The molecule has 0 saturated heterocycles. The summed E-state index contributed by atoms with van der Waals surface area (Å²) in [6.45, 7) is 4.27. The lowest BCUT2D eigenvalue weighted by atomic mass is 10.0. The Morgan fingerprint density at radius 1 is 0.857 bits per heavy atom. The van der Waals surface area contributed by atoms with Crippen LogP contribution in [0, 0.1) is 5.92 Å². The number of allylic oxidation sites excluding steroid dienone is 1. The molecule has 1 atom stereocenters. The molecule has 1 unspecified atom stereocenters. The first kappa shape index (κ1) is 28.2. The molecule has 6 heteroatoms. The van der Waals surface area contributed by atoms with E-state index < -0.39 is 7.82 Å². The molecule has 0 fully saturated rings. The van der Waals surface area contributed by atoms with E-state index in [-0.39, 0.29) is 12.5 Å². The smallest absolute Gasteiger partial charge is 0.303 e. The molecular formula is C22H45O4PS. The van der Waals surface area contributed by atoms with Gasteiger partial charge in [0, 0.05) is 11.7 Å². The van der Waals surface area contributed by atoms with E-state index in [0.29, 0.717) is 0 Å². The van der Waals surface area contributed by atoms with Gasteiger partial charge in [0.2, 0.25) is 0 Å². The van der Waals surface area contributed by atoms with E-state index >= 15 is 0 Å². The molecule has 0 aromatic carbocycles. The summed E-state index contributed by atoms with van der Waals surface area (Å²) in [5.74, 6) is 2.03. The van der Waals surface area contributed by atoms with Gasteiger partial charge in [-0.3, -0.25) is 4.52 Å². The van der Waals surface area contributed by atoms with Crippen molar-refractivity contribution in [3.05, 3.63) is 12.2 Å². The number of unbranched alkanes of at least 4 members (excludes halogenated alkanes) is 13. The highest BCUT2D eigenvalue weighted by Crippen LogP contribution is 2.36. The van der Waals surface area contributed by atoms with E-state index in [1.165, 1.54) is 89.9 Å². The van der Waals surface area contributed by atoms with Crippen LogP contribution in [0.3, 0.4) is 0 Å². The monoisotopic (exact) mass is 436 g/mol. The molecule has 0 radical (unpaired) electrons. The molecular weight excluding hydrogens is 391 g/mol. The van der Waals surface area contributed by atoms with Gasteiger partial charge in [0.15, 0.2) is 0 Å². The molecule has 2 N–H and O–H groups in total. The van der Waals surface area contributed by atoms with Crippen LogP contribution in [-0.2, 0) is 9.09 Å². The van der Waals surface area contributed by atoms with Crippen molar-refractivity contribution in [1.82, 2.24) is 0 Å². The molecule has 168 valence electrons. The Balaban J connectivity index is 3.36. The summed E-state index contributed by atoms with van der Waals surface area (Å²) < 4.78 is 15.4. The van der Waals surface area contributed by atoms with Crippen LogP contribution < -0.4 is 0 Å². The minimum absolute atomic E-state index is 0.0641. The van der Waals surface area contributed by atoms with Crippen LogP contribution in [0.2, 0.25) is 0 Å². The van der Waals surface area contributed by atoms with Gasteiger partial charge < -0.3 is 9.79 Å². The zero-order valence-corrected chi connectivity index (χ0v) is 20.0. The SMILES string of the molecule is CC=CC(COP(=O)(O)O)CSCCCCCCCCCCCCCCCC. The Kier molecular flexibility index (Phi) is 20.6. The highest BCUT2D eigenvalue weighted by atomic mass is 32.2. The summed E-state index contributed by atoms with van der Waals surface area (Å²) >= 11 is 1.85. The van der Waals surface area contributed by atoms with Crippen LogP contribution in [0.1, 0.15) is 104 Å². The summed E-state index contributed by atoms with van der Waals surface area (Å²) in [6.07, 6.45) is 23.1. The second kappa shape index (κ2) is 20.5. The van der Waals surface area contributed by atoms with Gasteiger partial charge in [-0.25, -0.2) is 4.57 Å². The number of rotatable bonds is 21. The van der Waals surface area contributed by atoms with Gasteiger partial charge >= 0.3 is 7.82 Å². The number of phosphoric acid groups is 1. The van der Waals surface area contributed by atoms with Gasteiger partial charge in [0.25, 0.3) is 0 Å². The molecule has 0 aromatic rings. The second-order valence-corrected chi connectivity index (χ2v) is 10.1. The first-order valence-corrected chi connectivity index (χ1v) is 14.1. The van der Waals surface area contributed by atoms with Gasteiger partial charge in [-0.15, -0.1) is 0 Å². The van der Waals surface area contributed by atoms with Crippen molar-refractivity contribution in [2.75, 3.05) is 18.1 Å². The predicted octanol–water partition coefficient (Wildman–Crippen LogP) is 7.50. The maximum Gasteiger partial charge on any atom is 0.469 e. The van der Waals surface area contributed by atoms with Gasteiger partial charge in [-0.05, 0) is 19.1 Å². The number of hydrogen-bond donors (Lipinski definition) is 2. The van der Waals surface area contributed by atoms with E-state index in [1.807, 2.05) is 30.8 Å². The van der Waals surface area contributed by atoms with Crippen molar-refractivity contribution in [2.45, 2.75) is 104 Å². The summed E-state index contributed by atoms with van der Waals surface area (Å²) in [6, 6.07) is 0. The lowest BCUT2D eigenvalue weighted by Gasteiger charge is -2.13. The Hall–Kier alpha value is 0.200. The summed E-state index contributed by atoms with van der Waals surface area (Å²) in [5.41, 5.74) is 0. The highest BCUT2D eigenvalue weighted by Gasteiger charge is 2.16. The van der Waals surface area contributed by atoms with Gasteiger partial charge in [-0.1, -0.05) is 103 Å². The Bertz CT molecular complexity index is 398. The Labute approximate surface area is 178 Å². The summed E-state index contributed by atoms with van der Waals surface area (Å²) in [7, 11) is -4.36. The van der Waals surface area contributed by atoms with Crippen LogP contribution >= 0.6 is 19.6 Å². The number of thioether (sulfide) groups is 1. The van der Waals surface area contributed by atoms with Crippen LogP contribution in [0.5, 0.6) is 0 Å². The quantitative estimate of drug-likeness (QED) is 0.111. The van der Waals surface area contributed by atoms with E-state index in [4.69, 9.17) is 9.79 Å². The molecule has 0 rings (SSSR count). The zero-order chi connectivity index (χ0) is 20.9. The van der Waals surface area contributed by atoms with E-state index in [1.54, 1.807) is 0 Å². The summed E-state index contributed by atoms with van der Waals surface area (Å²) in [5, 5.41) is 0. The molecule has 0 aliphatic heterocycles.